The second-order valence-corrected chi connectivity index (χ2v) is 5.41. The van der Waals surface area contributed by atoms with Gasteiger partial charge in [-0.2, -0.15) is 0 Å². The summed E-state index contributed by atoms with van der Waals surface area (Å²) in [7, 11) is 0. The lowest BCUT2D eigenvalue weighted by molar-refractivity contribution is -0.124. The Morgan fingerprint density at radius 2 is 2.10 bits per heavy atom. The van der Waals surface area contributed by atoms with Crippen LogP contribution in [-0.4, -0.2) is 23.7 Å². The maximum absolute atomic E-state index is 11.9. The van der Waals surface area contributed by atoms with E-state index in [1.54, 1.807) is 6.07 Å². The van der Waals surface area contributed by atoms with Gasteiger partial charge in [0, 0.05) is 11.6 Å². The van der Waals surface area contributed by atoms with Gasteiger partial charge < -0.3 is 15.2 Å². The van der Waals surface area contributed by atoms with Crippen LogP contribution < -0.4 is 10.1 Å². The summed E-state index contributed by atoms with van der Waals surface area (Å²) in [6.07, 6.45) is 5.79. The van der Waals surface area contributed by atoms with Gasteiger partial charge >= 0.3 is 0 Å². The molecule has 1 aliphatic carbocycles. The number of hydrogen-bond acceptors (Lipinski definition) is 3. The number of amides is 1. The van der Waals surface area contributed by atoms with E-state index in [0.29, 0.717) is 11.8 Å². The molecule has 0 aromatic heterocycles. The molecule has 1 aliphatic rings. The number of rotatable bonds is 5. The summed E-state index contributed by atoms with van der Waals surface area (Å²) in [5.41, 5.74) is 1.65. The standard InChI is InChI=1S/C16H23NO3/c1-12-6-5-7-13(10-18)16(12)20-11-15(19)17-14-8-3-2-4-9-14/h5-7,14,18H,2-4,8-11H2,1H3,(H,17,19). The molecule has 110 valence electrons. The molecule has 1 amide bonds. The number of nitrogens with one attached hydrogen (secondary N) is 1. The van der Waals surface area contributed by atoms with Gasteiger partial charge in [-0.1, -0.05) is 37.5 Å². The van der Waals surface area contributed by atoms with Gasteiger partial charge in [-0.3, -0.25) is 4.79 Å². The molecule has 1 aromatic carbocycles. The van der Waals surface area contributed by atoms with Crippen molar-refractivity contribution in [2.24, 2.45) is 0 Å². The van der Waals surface area contributed by atoms with Gasteiger partial charge in [0.15, 0.2) is 6.61 Å². The summed E-state index contributed by atoms with van der Waals surface area (Å²) >= 11 is 0. The number of aliphatic hydroxyl groups excluding tert-OH is 1. The molecule has 1 saturated carbocycles. The van der Waals surface area contributed by atoms with E-state index in [0.717, 1.165) is 24.0 Å². The Labute approximate surface area is 120 Å². The highest BCUT2D eigenvalue weighted by Gasteiger charge is 2.16. The zero-order chi connectivity index (χ0) is 14.4. The monoisotopic (exact) mass is 277 g/mol. The van der Waals surface area contributed by atoms with Crippen LogP contribution in [0.4, 0.5) is 0 Å². The van der Waals surface area contributed by atoms with Crippen LogP contribution in [0.3, 0.4) is 0 Å². The second kappa shape index (κ2) is 7.29. The molecule has 0 atom stereocenters. The Morgan fingerprint density at radius 1 is 1.35 bits per heavy atom. The van der Waals surface area contributed by atoms with Crippen LogP contribution in [0.1, 0.15) is 43.2 Å². The minimum absolute atomic E-state index is 0.00829. The quantitative estimate of drug-likeness (QED) is 0.868. The summed E-state index contributed by atoms with van der Waals surface area (Å²) in [6.45, 7) is 1.84. The topological polar surface area (TPSA) is 58.6 Å². The van der Waals surface area contributed by atoms with E-state index in [9.17, 15) is 9.90 Å². The van der Waals surface area contributed by atoms with Crippen molar-refractivity contribution in [1.29, 1.82) is 0 Å². The maximum Gasteiger partial charge on any atom is 0.258 e. The van der Waals surface area contributed by atoms with Gasteiger partial charge in [-0.25, -0.2) is 0 Å². The van der Waals surface area contributed by atoms with E-state index in [-0.39, 0.29) is 19.1 Å². The molecule has 1 aromatic rings. The summed E-state index contributed by atoms with van der Waals surface area (Å²) < 4.78 is 5.59. The third-order valence-electron chi connectivity index (χ3n) is 3.78. The Morgan fingerprint density at radius 3 is 2.80 bits per heavy atom. The summed E-state index contributed by atoms with van der Waals surface area (Å²) in [6, 6.07) is 5.89. The minimum Gasteiger partial charge on any atom is -0.483 e. The maximum atomic E-state index is 11.9. The molecular formula is C16H23NO3. The van der Waals surface area contributed by atoms with Crippen molar-refractivity contribution < 1.29 is 14.6 Å². The predicted octanol–water partition coefficient (Wildman–Crippen LogP) is 2.32. The van der Waals surface area contributed by atoms with Gasteiger partial charge in [0.05, 0.1) is 6.61 Å². The molecule has 0 saturated heterocycles. The summed E-state index contributed by atoms with van der Waals surface area (Å²) in [4.78, 5) is 11.9. The van der Waals surface area contributed by atoms with Gasteiger partial charge in [0.2, 0.25) is 0 Å². The molecule has 0 bridgehead atoms. The van der Waals surface area contributed by atoms with E-state index in [1.165, 1.54) is 19.3 Å². The molecule has 1 fully saturated rings. The molecular weight excluding hydrogens is 254 g/mol. The molecule has 2 N–H and O–H groups in total. The first-order valence-corrected chi connectivity index (χ1v) is 7.32. The Kier molecular flexibility index (Phi) is 5.41. The molecule has 0 radical (unpaired) electrons. The summed E-state index contributed by atoms with van der Waals surface area (Å²) in [5.74, 6) is 0.540. The minimum atomic E-state index is -0.0821. The largest absolute Gasteiger partial charge is 0.483 e. The zero-order valence-corrected chi connectivity index (χ0v) is 12.0. The van der Waals surface area contributed by atoms with Crippen molar-refractivity contribution in [3.63, 3.8) is 0 Å². The summed E-state index contributed by atoms with van der Waals surface area (Å²) in [5, 5.41) is 12.3. The zero-order valence-electron chi connectivity index (χ0n) is 12.0. The molecule has 4 heteroatoms. The third kappa shape index (κ3) is 3.97. The molecule has 20 heavy (non-hydrogen) atoms. The average molecular weight is 277 g/mol. The molecule has 4 nitrogen and oxygen atoms in total. The number of hydrogen-bond donors (Lipinski definition) is 2. The number of ether oxygens (including phenoxy) is 1. The number of aryl methyl sites for hydroxylation is 1. The van der Waals surface area contributed by atoms with E-state index >= 15 is 0 Å². The first kappa shape index (κ1) is 14.9. The first-order chi connectivity index (χ1) is 9.70. The van der Waals surface area contributed by atoms with Crippen LogP contribution in [0.15, 0.2) is 18.2 Å². The lowest BCUT2D eigenvalue weighted by atomic mass is 9.95. The van der Waals surface area contributed by atoms with E-state index in [1.807, 2.05) is 19.1 Å². The Bertz CT molecular complexity index is 453. The van der Waals surface area contributed by atoms with Crippen molar-refractivity contribution in [2.75, 3.05) is 6.61 Å². The van der Waals surface area contributed by atoms with Crippen molar-refractivity contribution in [3.05, 3.63) is 29.3 Å². The van der Waals surface area contributed by atoms with Crippen molar-refractivity contribution in [3.8, 4) is 5.75 Å². The molecule has 0 aliphatic heterocycles. The lowest BCUT2D eigenvalue weighted by Crippen LogP contribution is -2.39. The number of aliphatic hydroxyl groups is 1. The van der Waals surface area contributed by atoms with Gasteiger partial charge in [-0.15, -0.1) is 0 Å². The van der Waals surface area contributed by atoms with Crippen molar-refractivity contribution in [2.45, 2.75) is 51.7 Å². The predicted molar refractivity (Wildman–Crippen MR) is 77.6 cm³/mol. The van der Waals surface area contributed by atoms with Crippen LogP contribution >= 0.6 is 0 Å². The van der Waals surface area contributed by atoms with Gasteiger partial charge in [0.1, 0.15) is 5.75 Å². The fraction of sp³-hybridized carbons (Fsp3) is 0.562. The van der Waals surface area contributed by atoms with Crippen LogP contribution in [0.5, 0.6) is 5.75 Å². The van der Waals surface area contributed by atoms with E-state index in [2.05, 4.69) is 5.32 Å². The van der Waals surface area contributed by atoms with Gasteiger partial charge in [0.25, 0.3) is 5.91 Å². The van der Waals surface area contributed by atoms with Crippen molar-refractivity contribution >= 4 is 5.91 Å². The first-order valence-electron chi connectivity index (χ1n) is 7.32. The fourth-order valence-corrected chi connectivity index (χ4v) is 2.70. The lowest BCUT2D eigenvalue weighted by Gasteiger charge is -2.23. The Balaban J connectivity index is 1.86. The highest BCUT2D eigenvalue weighted by Crippen LogP contribution is 2.23. The molecule has 0 spiro atoms. The fourth-order valence-electron chi connectivity index (χ4n) is 2.70. The van der Waals surface area contributed by atoms with Gasteiger partial charge in [-0.05, 0) is 25.3 Å². The SMILES string of the molecule is Cc1cccc(CO)c1OCC(=O)NC1CCCCC1. The molecule has 0 heterocycles. The normalized spacial score (nSPS) is 15.9. The highest BCUT2D eigenvalue weighted by atomic mass is 16.5. The Hall–Kier alpha value is -1.55. The third-order valence-corrected chi connectivity index (χ3v) is 3.78. The van der Waals surface area contributed by atoms with E-state index in [4.69, 9.17) is 4.74 Å². The van der Waals surface area contributed by atoms with Crippen LogP contribution in [-0.2, 0) is 11.4 Å². The van der Waals surface area contributed by atoms with Crippen LogP contribution in [0.25, 0.3) is 0 Å². The molecule has 2 rings (SSSR count). The van der Waals surface area contributed by atoms with E-state index < -0.39 is 0 Å². The smallest absolute Gasteiger partial charge is 0.258 e. The number of carbonyl (C=O) groups is 1. The van der Waals surface area contributed by atoms with Crippen LogP contribution in [0.2, 0.25) is 0 Å². The second-order valence-electron chi connectivity index (χ2n) is 5.41. The highest BCUT2D eigenvalue weighted by molar-refractivity contribution is 5.77. The van der Waals surface area contributed by atoms with Crippen molar-refractivity contribution in [1.82, 2.24) is 5.32 Å². The molecule has 0 unspecified atom stereocenters. The number of benzene rings is 1. The average Bonchev–Trinajstić information content (AvgIpc) is 2.46. The number of para-hydroxylation sites is 1. The number of carbonyl (C=O) groups excluding carboxylic acids is 1. The van der Waals surface area contributed by atoms with Crippen LogP contribution in [0, 0.1) is 6.92 Å².